The molecule has 1 aliphatic heterocycles. The van der Waals surface area contributed by atoms with Crippen molar-refractivity contribution in [3.05, 3.63) is 33.8 Å². The largest absolute Gasteiger partial charge is 0.481 e. The van der Waals surface area contributed by atoms with Crippen LogP contribution in [-0.2, 0) is 14.3 Å². The number of nitrogens with one attached hydrogen (secondary N) is 1. The molecule has 0 aliphatic carbocycles. The minimum atomic E-state index is -0.965. The molecule has 120 valence electrons. The van der Waals surface area contributed by atoms with Crippen LogP contribution < -0.4 is 5.32 Å². The number of amides is 1. The van der Waals surface area contributed by atoms with Crippen LogP contribution in [0.3, 0.4) is 0 Å². The molecule has 7 heteroatoms. The average molecular weight is 346 g/mol. The normalized spacial score (nSPS) is 22.3. The monoisotopic (exact) mass is 345 g/mol. The summed E-state index contributed by atoms with van der Waals surface area (Å²) < 4.78 is 5.27. The first-order valence-electron chi connectivity index (χ1n) is 6.89. The molecule has 1 aromatic carbocycles. The van der Waals surface area contributed by atoms with E-state index in [0.717, 1.165) is 5.56 Å². The third-order valence-electron chi connectivity index (χ3n) is 3.82. The predicted molar refractivity (Wildman–Crippen MR) is 83.4 cm³/mol. The molecule has 1 heterocycles. The Labute approximate surface area is 138 Å². The van der Waals surface area contributed by atoms with Crippen LogP contribution in [0.4, 0.5) is 0 Å². The van der Waals surface area contributed by atoms with Crippen LogP contribution in [0, 0.1) is 0 Å². The second-order valence-corrected chi connectivity index (χ2v) is 6.35. The van der Waals surface area contributed by atoms with Crippen LogP contribution in [0.5, 0.6) is 0 Å². The van der Waals surface area contributed by atoms with Gasteiger partial charge in [0.05, 0.1) is 34.5 Å². The summed E-state index contributed by atoms with van der Waals surface area (Å²) in [6.45, 7) is 2.38. The molecule has 0 bridgehead atoms. The zero-order chi connectivity index (χ0) is 16.3. The maximum Gasteiger partial charge on any atom is 0.305 e. The number of benzene rings is 1. The molecule has 0 aromatic heterocycles. The summed E-state index contributed by atoms with van der Waals surface area (Å²) in [5, 5.41) is 12.7. The molecule has 1 amide bonds. The molecule has 0 radical (unpaired) electrons. The highest BCUT2D eigenvalue weighted by Crippen LogP contribution is 2.28. The number of hydrogen-bond acceptors (Lipinski definition) is 3. The van der Waals surface area contributed by atoms with Crippen LogP contribution in [0.15, 0.2) is 18.2 Å². The second-order valence-electron chi connectivity index (χ2n) is 5.54. The van der Waals surface area contributed by atoms with Crippen molar-refractivity contribution in [2.24, 2.45) is 0 Å². The molecular formula is C15H17Cl2NO4. The molecule has 2 rings (SSSR count). The second kappa shape index (κ2) is 6.86. The van der Waals surface area contributed by atoms with Gasteiger partial charge in [-0.05, 0) is 31.0 Å². The number of ether oxygens (including phenoxy) is 1. The maximum absolute atomic E-state index is 12.4. The summed E-state index contributed by atoms with van der Waals surface area (Å²) in [6.07, 6.45) is 0.325. The number of hydrogen-bond donors (Lipinski definition) is 2. The molecule has 1 aliphatic rings. The first-order valence-corrected chi connectivity index (χ1v) is 7.65. The molecule has 2 N–H and O–H groups in total. The molecule has 2 unspecified atom stereocenters. The fourth-order valence-corrected chi connectivity index (χ4v) is 2.79. The fourth-order valence-electron chi connectivity index (χ4n) is 2.48. The standard InChI is InChI=1S/C15H17Cl2NO4/c1-9(10-2-3-11(16)12(17)6-10)14(21)18-15(7-13(19)20)4-5-22-8-15/h2-3,6,9H,4-5,7-8H2,1H3,(H,18,21)(H,19,20). The van der Waals surface area contributed by atoms with Gasteiger partial charge in [0.25, 0.3) is 0 Å². The number of carboxylic acids is 1. The van der Waals surface area contributed by atoms with Crippen LogP contribution in [0.2, 0.25) is 10.0 Å². The maximum atomic E-state index is 12.4. The van der Waals surface area contributed by atoms with Gasteiger partial charge >= 0.3 is 5.97 Å². The number of carbonyl (C=O) groups is 2. The van der Waals surface area contributed by atoms with Gasteiger partial charge in [-0.15, -0.1) is 0 Å². The van der Waals surface area contributed by atoms with Crippen LogP contribution in [-0.4, -0.2) is 35.7 Å². The molecule has 0 saturated carbocycles. The van der Waals surface area contributed by atoms with Crippen molar-refractivity contribution in [1.82, 2.24) is 5.32 Å². The van der Waals surface area contributed by atoms with Crippen molar-refractivity contribution in [2.75, 3.05) is 13.2 Å². The summed E-state index contributed by atoms with van der Waals surface area (Å²) in [7, 11) is 0. The molecule has 0 spiro atoms. The third kappa shape index (κ3) is 3.91. The summed E-state index contributed by atoms with van der Waals surface area (Å²) >= 11 is 11.8. The van der Waals surface area contributed by atoms with E-state index in [9.17, 15) is 9.59 Å². The van der Waals surface area contributed by atoms with E-state index in [0.29, 0.717) is 23.1 Å². The summed E-state index contributed by atoms with van der Waals surface area (Å²) in [6, 6.07) is 5.01. The Morgan fingerprint density at radius 3 is 2.68 bits per heavy atom. The summed E-state index contributed by atoms with van der Waals surface area (Å²) in [5.41, 5.74) is -0.121. The third-order valence-corrected chi connectivity index (χ3v) is 4.56. The SMILES string of the molecule is CC(C(=O)NC1(CC(=O)O)CCOC1)c1ccc(Cl)c(Cl)c1. The van der Waals surface area contributed by atoms with Gasteiger partial charge in [0.2, 0.25) is 5.91 Å². The topological polar surface area (TPSA) is 75.6 Å². The molecule has 1 fully saturated rings. The van der Waals surface area contributed by atoms with Gasteiger partial charge < -0.3 is 15.2 Å². The molecule has 1 saturated heterocycles. The lowest BCUT2D eigenvalue weighted by Crippen LogP contribution is -2.51. The Kier molecular flexibility index (Phi) is 5.32. The minimum Gasteiger partial charge on any atom is -0.481 e. The van der Waals surface area contributed by atoms with Gasteiger partial charge in [-0.25, -0.2) is 0 Å². The lowest BCUT2D eigenvalue weighted by molar-refractivity contribution is -0.139. The van der Waals surface area contributed by atoms with Gasteiger partial charge in [-0.3, -0.25) is 9.59 Å². The number of halogens is 2. The lowest BCUT2D eigenvalue weighted by atomic mass is 9.92. The molecular weight excluding hydrogens is 329 g/mol. The Bertz CT molecular complexity index is 585. The van der Waals surface area contributed by atoms with Crippen molar-refractivity contribution < 1.29 is 19.4 Å². The van der Waals surface area contributed by atoms with E-state index < -0.39 is 17.4 Å². The van der Waals surface area contributed by atoms with E-state index in [1.165, 1.54) is 0 Å². The van der Waals surface area contributed by atoms with E-state index in [2.05, 4.69) is 5.32 Å². The highest BCUT2D eigenvalue weighted by Gasteiger charge is 2.39. The highest BCUT2D eigenvalue weighted by atomic mass is 35.5. The number of carbonyl (C=O) groups excluding carboxylic acids is 1. The van der Waals surface area contributed by atoms with E-state index >= 15 is 0 Å². The highest BCUT2D eigenvalue weighted by molar-refractivity contribution is 6.42. The molecule has 22 heavy (non-hydrogen) atoms. The molecule has 5 nitrogen and oxygen atoms in total. The Balaban J connectivity index is 2.12. The fraction of sp³-hybridized carbons (Fsp3) is 0.467. The molecule has 1 aromatic rings. The average Bonchev–Trinajstić information content (AvgIpc) is 2.88. The summed E-state index contributed by atoms with van der Waals surface area (Å²) in [4.78, 5) is 23.5. The summed E-state index contributed by atoms with van der Waals surface area (Å²) in [5.74, 6) is -1.70. The Hall–Kier alpha value is -1.30. The van der Waals surface area contributed by atoms with Gasteiger partial charge in [-0.1, -0.05) is 29.3 Å². The zero-order valence-corrected chi connectivity index (χ0v) is 13.6. The Morgan fingerprint density at radius 2 is 2.14 bits per heavy atom. The van der Waals surface area contributed by atoms with Gasteiger partial charge in [-0.2, -0.15) is 0 Å². The Morgan fingerprint density at radius 1 is 1.41 bits per heavy atom. The van der Waals surface area contributed by atoms with Crippen LogP contribution in [0.25, 0.3) is 0 Å². The van der Waals surface area contributed by atoms with E-state index in [1.54, 1.807) is 25.1 Å². The number of aliphatic carboxylic acids is 1. The van der Waals surface area contributed by atoms with E-state index in [4.69, 9.17) is 33.0 Å². The van der Waals surface area contributed by atoms with Crippen molar-refractivity contribution in [1.29, 1.82) is 0 Å². The lowest BCUT2D eigenvalue weighted by Gasteiger charge is -2.28. The van der Waals surface area contributed by atoms with Crippen LogP contribution in [0.1, 0.15) is 31.2 Å². The minimum absolute atomic E-state index is 0.160. The smallest absolute Gasteiger partial charge is 0.305 e. The first-order chi connectivity index (χ1) is 10.3. The number of rotatable bonds is 5. The van der Waals surface area contributed by atoms with Crippen LogP contribution >= 0.6 is 23.2 Å². The van der Waals surface area contributed by atoms with Crippen molar-refractivity contribution in [3.63, 3.8) is 0 Å². The van der Waals surface area contributed by atoms with E-state index in [1.807, 2.05) is 0 Å². The van der Waals surface area contributed by atoms with E-state index in [-0.39, 0.29) is 18.9 Å². The quantitative estimate of drug-likeness (QED) is 0.860. The number of carboxylic acid groups (broad SMARTS) is 1. The van der Waals surface area contributed by atoms with Gasteiger partial charge in [0, 0.05) is 6.61 Å². The van der Waals surface area contributed by atoms with Crippen molar-refractivity contribution in [2.45, 2.75) is 31.2 Å². The predicted octanol–water partition coefficient (Wildman–Crippen LogP) is 2.85. The van der Waals surface area contributed by atoms with Gasteiger partial charge in [0.1, 0.15) is 0 Å². The van der Waals surface area contributed by atoms with Gasteiger partial charge in [0.15, 0.2) is 0 Å². The first kappa shape index (κ1) is 17.1. The molecule has 2 atom stereocenters. The van der Waals surface area contributed by atoms with Crippen molar-refractivity contribution >= 4 is 35.1 Å². The zero-order valence-electron chi connectivity index (χ0n) is 12.1. The van der Waals surface area contributed by atoms with Crippen molar-refractivity contribution in [3.8, 4) is 0 Å².